The van der Waals surface area contributed by atoms with E-state index in [9.17, 15) is 14.4 Å². The maximum atomic E-state index is 13.6. The molecule has 2 saturated heterocycles. The van der Waals surface area contributed by atoms with Gasteiger partial charge in [-0.25, -0.2) is 4.90 Å². The van der Waals surface area contributed by atoms with Gasteiger partial charge in [0.1, 0.15) is 0 Å². The van der Waals surface area contributed by atoms with Crippen LogP contribution in [0.4, 0.5) is 11.4 Å². The second kappa shape index (κ2) is 8.79. The molecular weight excluding hydrogens is 446 g/mol. The van der Waals surface area contributed by atoms with Gasteiger partial charge in [0.15, 0.2) is 0 Å². The summed E-state index contributed by atoms with van der Waals surface area (Å²) in [6.45, 7) is 4.99. The van der Waals surface area contributed by atoms with E-state index in [1.807, 2.05) is 24.3 Å². The van der Waals surface area contributed by atoms with Crippen LogP contribution in [0.2, 0.25) is 0 Å². The minimum Gasteiger partial charge on any atom is -0.378 e. The Labute approximate surface area is 202 Å². The third-order valence-corrected chi connectivity index (χ3v) is 6.91. The van der Waals surface area contributed by atoms with Gasteiger partial charge < -0.3 is 19.3 Å². The Balaban J connectivity index is 1.34. The Morgan fingerprint density at radius 2 is 1.34 bits per heavy atom. The van der Waals surface area contributed by atoms with Crippen molar-refractivity contribution in [3.63, 3.8) is 0 Å². The van der Waals surface area contributed by atoms with Gasteiger partial charge in [-0.05, 0) is 42.5 Å². The Kier molecular flexibility index (Phi) is 5.47. The van der Waals surface area contributed by atoms with Crippen molar-refractivity contribution in [1.82, 2.24) is 4.90 Å². The summed E-state index contributed by atoms with van der Waals surface area (Å²) in [5.41, 5.74) is 2.97. The number of morpholine rings is 2. The summed E-state index contributed by atoms with van der Waals surface area (Å²) in [5, 5.41) is 1.59. The van der Waals surface area contributed by atoms with Crippen LogP contribution in [0.1, 0.15) is 31.1 Å². The van der Waals surface area contributed by atoms with Gasteiger partial charge in [0.2, 0.25) is 0 Å². The van der Waals surface area contributed by atoms with Crippen molar-refractivity contribution in [2.45, 2.75) is 0 Å². The van der Waals surface area contributed by atoms with Crippen molar-refractivity contribution in [3.8, 4) is 0 Å². The highest BCUT2D eigenvalue weighted by molar-refractivity contribution is 6.36. The number of anilines is 2. The number of carbonyl (C=O) groups excluding carboxylic acids is 3. The molecule has 3 amide bonds. The second-order valence-corrected chi connectivity index (χ2v) is 8.86. The monoisotopic (exact) mass is 471 g/mol. The largest absolute Gasteiger partial charge is 0.378 e. The van der Waals surface area contributed by atoms with E-state index in [0.29, 0.717) is 67.3 Å². The number of ether oxygens (including phenoxy) is 2. The molecule has 178 valence electrons. The summed E-state index contributed by atoms with van der Waals surface area (Å²) >= 11 is 0. The summed E-state index contributed by atoms with van der Waals surface area (Å²) in [6, 6.07) is 16.0. The lowest BCUT2D eigenvalue weighted by Gasteiger charge is -2.32. The Bertz CT molecular complexity index is 1300. The highest BCUT2D eigenvalue weighted by Crippen LogP contribution is 2.37. The molecule has 6 rings (SSSR count). The zero-order valence-electron chi connectivity index (χ0n) is 19.2. The molecule has 3 aromatic rings. The van der Waals surface area contributed by atoms with Crippen LogP contribution >= 0.6 is 0 Å². The third kappa shape index (κ3) is 3.66. The summed E-state index contributed by atoms with van der Waals surface area (Å²) < 4.78 is 10.8. The molecule has 0 N–H and O–H groups in total. The number of imide groups is 1. The number of carbonyl (C=O) groups is 3. The van der Waals surface area contributed by atoms with Crippen molar-refractivity contribution < 1.29 is 23.9 Å². The number of nitrogens with zero attached hydrogens (tertiary/aromatic N) is 3. The van der Waals surface area contributed by atoms with Crippen molar-refractivity contribution >= 4 is 39.9 Å². The smallest absolute Gasteiger partial charge is 0.265 e. The summed E-state index contributed by atoms with van der Waals surface area (Å²) in [4.78, 5) is 45.1. The molecular formula is C27H25N3O5. The lowest BCUT2D eigenvalue weighted by atomic mass is 9.92. The fraction of sp³-hybridized carbons (Fsp3) is 0.296. The van der Waals surface area contributed by atoms with E-state index in [1.54, 1.807) is 35.2 Å². The molecule has 0 spiro atoms. The Hall–Kier alpha value is -3.75. The van der Waals surface area contributed by atoms with Gasteiger partial charge in [-0.1, -0.05) is 12.1 Å². The van der Waals surface area contributed by atoms with Gasteiger partial charge in [0, 0.05) is 59.3 Å². The molecule has 2 fully saturated rings. The zero-order chi connectivity index (χ0) is 23.9. The molecule has 0 aliphatic carbocycles. The Morgan fingerprint density at radius 3 is 2.03 bits per heavy atom. The van der Waals surface area contributed by atoms with E-state index in [4.69, 9.17) is 9.47 Å². The molecule has 0 unspecified atom stereocenters. The summed E-state index contributed by atoms with van der Waals surface area (Å²) in [5.74, 6) is -0.805. The number of benzene rings is 3. The van der Waals surface area contributed by atoms with Gasteiger partial charge in [-0.15, -0.1) is 0 Å². The molecule has 8 heteroatoms. The lowest BCUT2D eigenvalue weighted by Crippen LogP contribution is -2.41. The molecule has 35 heavy (non-hydrogen) atoms. The Morgan fingerprint density at radius 1 is 0.714 bits per heavy atom. The molecule has 8 nitrogen and oxygen atoms in total. The van der Waals surface area contributed by atoms with E-state index in [0.717, 1.165) is 24.2 Å². The van der Waals surface area contributed by atoms with E-state index in [1.165, 1.54) is 4.90 Å². The lowest BCUT2D eigenvalue weighted by molar-refractivity contribution is 0.0303. The first-order valence-electron chi connectivity index (χ1n) is 11.9. The number of hydrogen-bond acceptors (Lipinski definition) is 6. The van der Waals surface area contributed by atoms with Crippen LogP contribution < -0.4 is 9.80 Å². The first kappa shape index (κ1) is 21.8. The molecule has 3 aliphatic rings. The maximum absolute atomic E-state index is 13.6. The summed E-state index contributed by atoms with van der Waals surface area (Å²) in [7, 11) is 0. The highest BCUT2D eigenvalue weighted by atomic mass is 16.5. The predicted molar refractivity (Wildman–Crippen MR) is 131 cm³/mol. The first-order chi connectivity index (χ1) is 17.1. The van der Waals surface area contributed by atoms with Crippen LogP contribution in [0.15, 0.2) is 54.6 Å². The molecule has 3 heterocycles. The zero-order valence-corrected chi connectivity index (χ0v) is 19.2. The van der Waals surface area contributed by atoms with E-state index in [-0.39, 0.29) is 17.7 Å². The quantitative estimate of drug-likeness (QED) is 0.547. The number of hydrogen-bond donors (Lipinski definition) is 0. The van der Waals surface area contributed by atoms with Crippen molar-refractivity contribution in [2.24, 2.45) is 0 Å². The third-order valence-electron chi connectivity index (χ3n) is 6.91. The molecule has 0 radical (unpaired) electrons. The van der Waals surface area contributed by atoms with Crippen LogP contribution in [-0.4, -0.2) is 75.2 Å². The average molecular weight is 472 g/mol. The number of amides is 3. The number of rotatable bonds is 3. The molecule has 0 saturated carbocycles. The summed E-state index contributed by atoms with van der Waals surface area (Å²) in [6.07, 6.45) is 0. The second-order valence-electron chi connectivity index (χ2n) is 8.86. The van der Waals surface area contributed by atoms with Gasteiger partial charge in [0.25, 0.3) is 17.7 Å². The minimum atomic E-state index is -0.362. The normalized spacial score (nSPS) is 18.3. The first-order valence-corrected chi connectivity index (χ1v) is 11.9. The van der Waals surface area contributed by atoms with Crippen LogP contribution in [0.3, 0.4) is 0 Å². The fourth-order valence-electron chi connectivity index (χ4n) is 5.10. The molecule has 0 aromatic heterocycles. The van der Waals surface area contributed by atoms with Gasteiger partial charge in [-0.3, -0.25) is 14.4 Å². The van der Waals surface area contributed by atoms with E-state index in [2.05, 4.69) is 4.90 Å². The fourth-order valence-corrected chi connectivity index (χ4v) is 5.10. The maximum Gasteiger partial charge on any atom is 0.265 e. The molecule has 3 aromatic carbocycles. The van der Waals surface area contributed by atoms with Crippen molar-refractivity contribution in [3.05, 3.63) is 71.3 Å². The predicted octanol–water partition coefficient (Wildman–Crippen LogP) is 2.95. The standard InChI is InChI=1S/C27H25N3O5/c31-25(29-12-16-35-17-13-29)18-4-6-19(7-5-18)30-26(32)21-3-1-2-20-23(28-10-14-34-15-11-28)9-8-22(24(20)21)27(30)33/h1-9H,10-17H2. The molecule has 0 bridgehead atoms. The van der Waals surface area contributed by atoms with Gasteiger partial charge in [-0.2, -0.15) is 0 Å². The minimum absolute atomic E-state index is 0.0816. The van der Waals surface area contributed by atoms with Crippen molar-refractivity contribution in [1.29, 1.82) is 0 Å². The van der Waals surface area contributed by atoms with E-state index >= 15 is 0 Å². The van der Waals surface area contributed by atoms with Crippen LogP contribution in [0.5, 0.6) is 0 Å². The van der Waals surface area contributed by atoms with Crippen LogP contribution in [0, 0.1) is 0 Å². The molecule has 3 aliphatic heterocycles. The van der Waals surface area contributed by atoms with Gasteiger partial charge in [0.05, 0.1) is 32.1 Å². The van der Waals surface area contributed by atoms with Crippen LogP contribution in [0.25, 0.3) is 10.8 Å². The van der Waals surface area contributed by atoms with Crippen LogP contribution in [-0.2, 0) is 9.47 Å². The van der Waals surface area contributed by atoms with Crippen molar-refractivity contribution in [2.75, 3.05) is 62.4 Å². The topological polar surface area (TPSA) is 79.4 Å². The van der Waals surface area contributed by atoms with E-state index < -0.39 is 0 Å². The van der Waals surface area contributed by atoms with Gasteiger partial charge >= 0.3 is 0 Å². The highest BCUT2D eigenvalue weighted by Gasteiger charge is 2.35. The SMILES string of the molecule is O=C(c1ccc(N2C(=O)c3cccc4c(N5CCOCC5)ccc(c34)C2=O)cc1)N1CCOCC1. The molecule has 0 atom stereocenters. The average Bonchev–Trinajstić information content (AvgIpc) is 2.92.